The predicted molar refractivity (Wildman–Crippen MR) is 89.4 cm³/mol. The smallest absolute Gasteiger partial charge is 0.180 e. The first-order valence-electron chi connectivity index (χ1n) is 6.81. The lowest BCUT2D eigenvalue weighted by atomic mass is 10.0. The average molecular weight is 295 g/mol. The third kappa shape index (κ3) is 2.67. The van der Waals surface area contributed by atoms with Gasteiger partial charge in [0.25, 0.3) is 0 Å². The Morgan fingerprint density at radius 1 is 0.905 bits per heavy atom. The van der Waals surface area contributed by atoms with Crippen LogP contribution in [0.25, 0.3) is 22.5 Å². The van der Waals surface area contributed by atoms with Gasteiger partial charge in [-0.25, -0.2) is 4.98 Å². The van der Waals surface area contributed by atoms with E-state index >= 15 is 0 Å². The highest BCUT2D eigenvalue weighted by atomic mass is 32.1. The van der Waals surface area contributed by atoms with Crippen molar-refractivity contribution in [3.05, 3.63) is 52.5 Å². The number of aromatic nitrogens is 2. The molecule has 0 unspecified atom stereocenters. The maximum absolute atomic E-state index is 5.71. The molecule has 0 atom stereocenters. The lowest BCUT2D eigenvalue weighted by Gasteiger charge is -2.09. The molecule has 0 spiro atoms. The number of nitrogens with two attached hydrogens (primary N) is 1. The number of thiazole rings is 1. The Morgan fingerprint density at radius 2 is 1.67 bits per heavy atom. The first-order chi connectivity index (χ1) is 10.0. The zero-order valence-corrected chi connectivity index (χ0v) is 13.2. The van der Waals surface area contributed by atoms with Crippen LogP contribution in [0.1, 0.15) is 16.8 Å². The van der Waals surface area contributed by atoms with Crippen LogP contribution in [0.15, 0.2) is 35.7 Å². The van der Waals surface area contributed by atoms with E-state index in [4.69, 9.17) is 10.7 Å². The SMILES string of the molecule is Cc1ccc(-c2ccc(-c3csc(N)n3)c(C)n2)c(C)c1. The molecule has 2 aromatic heterocycles. The van der Waals surface area contributed by atoms with Gasteiger partial charge in [-0.15, -0.1) is 11.3 Å². The topological polar surface area (TPSA) is 51.8 Å². The molecule has 0 aliphatic heterocycles. The van der Waals surface area contributed by atoms with Crippen LogP contribution in [-0.2, 0) is 0 Å². The average Bonchev–Trinajstić information content (AvgIpc) is 2.85. The van der Waals surface area contributed by atoms with Crippen molar-refractivity contribution in [1.29, 1.82) is 0 Å². The Morgan fingerprint density at radius 3 is 2.29 bits per heavy atom. The molecule has 2 N–H and O–H groups in total. The van der Waals surface area contributed by atoms with E-state index in [-0.39, 0.29) is 0 Å². The van der Waals surface area contributed by atoms with E-state index in [1.165, 1.54) is 28.0 Å². The summed E-state index contributed by atoms with van der Waals surface area (Å²) in [6.07, 6.45) is 0. The maximum atomic E-state index is 5.71. The van der Waals surface area contributed by atoms with Gasteiger partial charge in [-0.3, -0.25) is 4.98 Å². The number of nitrogen functional groups attached to an aromatic ring is 1. The molecule has 0 radical (unpaired) electrons. The van der Waals surface area contributed by atoms with Crippen LogP contribution in [0.5, 0.6) is 0 Å². The molecule has 21 heavy (non-hydrogen) atoms. The number of rotatable bonds is 2. The Balaban J connectivity index is 2.05. The van der Waals surface area contributed by atoms with Gasteiger partial charge < -0.3 is 5.73 Å². The number of anilines is 1. The molecule has 106 valence electrons. The minimum absolute atomic E-state index is 0.586. The molecule has 0 saturated heterocycles. The van der Waals surface area contributed by atoms with Crippen LogP contribution in [0, 0.1) is 20.8 Å². The van der Waals surface area contributed by atoms with Gasteiger partial charge in [-0.05, 0) is 38.5 Å². The molecular weight excluding hydrogens is 278 g/mol. The van der Waals surface area contributed by atoms with Gasteiger partial charge in [0.15, 0.2) is 5.13 Å². The van der Waals surface area contributed by atoms with Crippen molar-refractivity contribution >= 4 is 16.5 Å². The third-order valence-electron chi connectivity index (χ3n) is 3.54. The standard InChI is InChI=1S/C17H17N3S/c1-10-4-5-13(11(2)8-10)15-7-6-14(12(3)19-15)16-9-21-17(18)20-16/h4-9H,1-3H3,(H2,18,20). The monoisotopic (exact) mass is 295 g/mol. The van der Waals surface area contributed by atoms with Crippen LogP contribution < -0.4 is 5.73 Å². The summed E-state index contributed by atoms with van der Waals surface area (Å²) in [5, 5.41) is 2.55. The maximum Gasteiger partial charge on any atom is 0.180 e. The van der Waals surface area contributed by atoms with E-state index < -0.39 is 0 Å². The number of benzene rings is 1. The molecule has 3 nitrogen and oxygen atoms in total. The van der Waals surface area contributed by atoms with Crippen molar-refractivity contribution in [2.24, 2.45) is 0 Å². The van der Waals surface area contributed by atoms with Gasteiger partial charge in [-0.2, -0.15) is 0 Å². The minimum atomic E-state index is 0.586. The van der Waals surface area contributed by atoms with Crippen molar-refractivity contribution < 1.29 is 0 Å². The number of nitrogens with zero attached hydrogens (tertiary/aromatic N) is 2. The molecule has 3 rings (SSSR count). The quantitative estimate of drug-likeness (QED) is 0.763. The lowest BCUT2D eigenvalue weighted by Crippen LogP contribution is -1.93. The summed E-state index contributed by atoms with van der Waals surface area (Å²) in [4.78, 5) is 9.07. The number of pyridine rings is 1. The molecule has 0 bridgehead atoms. The summed E-state index contributed by atoms with van der Waals surface area (Å²) in [6.45, 7) is 6.23. The van der Waals surface area contributed by atoms with Crippen molar-refractivity contribution in [3.8, 4) is 22.5 Å². The first-order valence-corrected chi connectivity index (χ1v) is 7.69. The minimum Gasteiger partial charge on any atom is -0.375 e. The van der Waals surface area contributed by atoms with Crippen LogP contribution >= 0.6 is 11.3 Å². The fourth-order valence-electron chi connectivity index (χ4n) is 2.49. The second-order valence-corrected chi connectivity index (χ2v) is 6.11. The second-order valence-electron chi connectivity index (χ2n) is 5.22. The molecule has 0 saturated carbocycles. The van der Waals surface area contributed by atoms with Crippen LogP contribution in [0.4, 0.5) is 5.13 Å². The Labute approximate surface area is 128 Å². The molecule has 1 aromatic carbocycles. The number of hydrogen-bond acceptors (Lipinski definition) is 4. The van der Waals surface area contributed by atoms with Crippen molar-refractivity contribution in [2.45, 2.75) is 20.8 Å². The van der Waals surface area contributed by atoms with E-state index in [0.717, 1.165) is 22.6 Å². The molecule has 4 heteroatoms. The van der Waals surface area contributed by atoms with Crippen molar-refractivity contribution in [3.63, 3.8) is 0 Å². The van der Waals surface area contributed by atoms with E-state index in [1.54, 1.807) is 0 Å². The summed E-state index contributed by atoms with van der Waals surface area (Å²) in [5.74, 6) is 0. The molecule has 0 aliphatic carbocycles. The van der Waals surface area contributed by atoms with E-state index in [9.17, 15) is 0 Å². The summed E-state index contributed by atoms with van der Waals surface area (Å²) in [7, 11) is 0. The Bertz CT molecular complexity index is 806. The molecule has 0 fully saturated rings. The number of aryl methyl sites for hydroxylation is 3. The summed E-state index contributed by atoms with van der Waals surface area (Å²) < 4.78 is 0. The predicted octanol–water partition coefficient (Wildman–Crippen LogP) is 4.38. The second kappa shape index (κ2) is 5.30. The van der Waals surface area contributed by atoms with Gasteiger partial charge in [0, 0.05) is 22.2 Å². The van der Waals surface area contributed by atoms with Crippen molar-refractivity contribution in [2.75, 3.05) is 5.73 Å². The fourth-order valence-corrected chi connectivity index (χ4v) is 3.06. The molecule has 0 amide bonds. The highest BCUT2D eigenvalue weighted by Gasteiger charge is 2.10. The van der Waals surface area contributed by atoms with Crippen LogP contribution in [0.2, 0.25) is 0 Å². The Kier molecular flexibility index (Phi) is 3.47. The first kappa shape index (κ1) is 13.8. The van der Waals surface area contributed by atoms with E-state index in [2.05, 4.69) is 49.2 Å². The molecule has 2 heterocycles. The van der Waals surface area contributed by atoms with E-state index in [0.29, 0.717) is 5.13 Å². The van der Waals surface area contributed by atoms with Gasteiger partial charge in [0.05, 0.1) is 11.4 Å². The zero-order valence-electron chi connectivity index (χ0n) is 12.3. The van der Waals surface area contributed by atoms with Crippen LogP contribution in [-0.4, -0.2) is 9.97 Å². The number of hydrogen-bond donors (Lipinski definition) is 1. The molecule has 0 aliphatic rings. The van der Waals surface area contributed by atoms with Gasteiger partial charge >= 0.3 is 0 Å². The van der Waals surface area contributed by atoms with Crippen molar-refractivity contribution in [1.82, 2.24) is 9.97 Å². The molecular formula is C17H17N3S. The summed E-state index contributed by atoms with van der Waals surface area (Å²) in [5.41, 5.74) is 13.3. The highest BCUT2D eigenvalue weighted by molar-refractivity contribution is 7.13. The largest absolute Gasteiger partial charge is 0.375 e. The highest BCUT2D eigenvalue weighted by Crippen LogP contribution is 2.29. The van der Waals surface area contributed by atoms with Gasteiger partial charge in [0.1, 0.15) is 0 Å². The molecule has 3 aromatic rings. The summed E-state index contributed by atoms with van der Waals surface area (Å²) in [6, 6.07) is 10.6. The summed E-state index contributed by atoms with van der Waals surface area (Å²) >= 11 is 1.45. The fraction of sp³-hybridized carbons (Fsp3) is 0.176. The normalized spacial score (nSPS) is 10.8. The Hall–Kier alpha value is -2.20. The van der Waals surface area contributed by atoms with Gasteiger partial charge in [-0.1, -0.05) is 23.8 Å². The zero-order chi connectivity index (χ0) is 15.0. The van der Waals surface area contributed by atoms with Gasteiger partial charge in [0.2, 0.25) is 0 Å². The lowest BCUT2D eigenvalue weighted by molar-refractivity contribution is 1.19. The van der Waals surface area contributed by atoms with Crippen LogP contribution in [0.3, 0.4) is 0 Å². The van der Waals surface area contributed by atoms with E-state index in [1.807, 2.05) is 12.3 Å². The third-order valence-corrected chi connectivity index (χ3v) is 4.22.